The Bertz CT molecular complexity index is 332. The number of aryl methyl sites for hydroxylation is 1. The van der Waals surface area contributed by atoms with Crippen molar-refractivity contribution >= 4 is 11.6 Å². The molecule has 0 amide bonds. The van der Waals surface area contributed by atoms with Gasteiger partial charge in [-0.25, -0.2) is 0 Å². The summed E-state index contributed by atoms with van der Waals surface area (Å²) in [5, 5.41) is 0.715. The Labute approximate surface area is 95.1 Å². The Hall–Kier alpha value is -0.730. The lowest BCUT2D eigenvalue weighted by Crippen LogP contribution is -2.28. The third-order valence-corrected chi connectivity index (χ3v) is 2.80. The number of hydrogen-bond acceptors (Lipinski definition) is 2. The van der Waals surface area contributed by atoms with E-state index in [9.17, 15) is 0 Å². The number of rotatable bonds is 2. The highest BCUT2D eigenvalue weighted by Gasteiger charge is 2.16. The molecule has 2 rings (SSSR count). The fourth-order valence-corrected chi connectivity index (χ4v) is 1.85. The van der Waals surface area contributed by atoms with Crippen LogP contribution in [0.1, 0.15) is 18.4 Å². The third kappa shape index (κ3) is 2.86. The van der Waals surface area contributed by atoms with Crippen molar-refractivity contribution in [2.75, 3.05) is 13.2 Å². The summed E-state index contributed by atoms with van der Waals surface area (Å²) >= 11 is 5.92. The lowest BCUT2D eigenvalue weighted by Gasteiger charge is -2.24. The molecule has 1 heterocycles. The Morgan fingerprint density at radius 3 is 3.07 bits per heavy atom. The second-order valence-corrected chi connectivity index (χ2v) is 4.30. The van der Waals surface area contributed by atoms with Crippen LogP contribution < -0.4 is 4.74 Å². The number of ether oxygens (including phenoxy) is 2. The van der Waals surface area contributed by atoms with Crippen molar-refractivity contribution in [2.45, 2.75) is 25.9 Å². The largest absolute Gasteiger partial charge is 0.488 e. The van der Waals surface area contributed by atoms with Gasteiger partial charge in [0.1, 0.15) is 11.9 Å². The molecular weight excluding hydrogens is 212 g/mol. The van der Waals surface area contributed by atoms with Crippen LogP contribution >= 0.6 is 11.6 Å². The maximum Gasteiger partial charge on any atom is 0.124 e. The number of hydrogen-bond donors (Lipinski definition) is 0. The maximum atomic E-state index is 5.92. The minimum Gasteiger partial charge on any atom is -0.488 e. The average molecular weight is 227 g/mol. The van der Waals surface area contributed by atoms with E-state index in [-0.39, 0.29) is 6.10 Å². The number of halogens is 1. The van der Waals surface area contributed by atoms with Gasteiger partial charge in [-0.1, -0.05) is 17.7 Å². The molecule has 3 heteroatoms. The monoisotopic (exact) mass is 226 g/mol. The van der Waals surface area contributed by atoms with Gasteiger partial charge in [0.05, 0.1) is 6.61 Å². The van der Waals surface area contributed by atoms with Gasteiger partial charge in [-0.2, -0.15) is 0 Å². The van der Waals surface area contributed by atoms with E-state index in [1.807, 2.05) is 25.1 Å². The molecule has 82 valence electrons. The Kier molecular flexibility index (Phi) is 3.49. The van der Waals surface area contributed by atoms with Crippen molar-refractivity contribution in [1.29, 1.82) is 0 Å². The summed E-state index contributed by atoms with van der Waals surface area (Å²) in [6, 6.07) is 5.72. The van der Waals surface area contributed by atoms with Crippen LogP contribution in [-0.2, 0) is 4.74 Å². The molecule has 1 atom stereocenters. The van der Waals surface area contributed by atoms with Gasteiger partial charge in [-0.15, -0.1) is 0 Å². The van der Waals surface area contributed by atoms with Crippen molar-refractivity contribution in [2.24, 2.45) is 0 Å². The first kappa shape index (κ1) is 10.8. The highest BCUT2D eigenvalue weighted by Crippen LogP contribution is 2.25. The van der Waals surface area contributed by atoms with Crippen LogP contribution in [0.5, 0.6) is 5.75 Å². The summed E-state index contributed by atoms with van der Waals surface area (Å²) in [5.41, 5.74) is 1.12. The minimum absolute atomic E-state index is 0.177. The maximum absolute atomic E-state index is 5.92. The molecule has 0 aromatic heterocycles. The van der Waals surface area contributed by atoms with Gasteiger partial charge in [0.15, 0.2) is 0 Å². The molecule has 0 N–H and O–H groups in total. The third-order valence-electron chi connectivity index (χ3n) is 2.56. The van der Waals surface area contributed by atoms with E-state index in [1.54, 1.807) is 0 Å². The number of benzene rings is 1. The molecule has 0 bridgehead atoms. The first-order chi connectivity index (χ1) is 7.25. The predicted octanol–water partition coefficient (Wildman–Crippen LogP) is 3.21. The molecule has 1 aromatic rings. The smallest absolute Gasteiger partial charge is 0.124 e. The summed E-state index contributed by atoms with van der Waals surface area (Å²) in [4.78, 5) is 0. The molecule has 0 radical (unpaired) electrons. The van der Waals surface area contributed by atoms with Crippen molar-refractivity contribution in [3.63, 3.8) is 0 Å². The average Bonchev–Trinajstić information content (AvgIpc) is 2.25. The van der Waals surface area contributed by atoms with E-state index in [0.717, 1.165) is 30.8 Å². The van der Waals surface area contributed by atoms with E-state index in [0.29, 0.717) is 11.6 Å². The van der Waals surface area contributed by atoms with Crippen molar-refractivity contribution < 1.29 is 9.47 Å². The van der Waals surface area contributed by atoms with Gasteiger partial charge in [-0.3, -0.25) is 0 Å². The van der Waals surface area contributed by atoms with Gasteiger partial charge >= 0.3 is 0 Å². The van der Waals surface area contributed by atoms with Crippen LogP contribution in [0.25, 0.3) is 0 Å². The molecule has 1 aromatic carbocycles. The van der Waals surface area contributed by atoms with Gasteiger partial charge in [0.2, 0.25) is 0 Å². The van der Waals surface area contributed by atoms with E-state index < -0.39 is 0 Å². The summed E-state index contributed by atoms with van der Waals surface area (Å²) in [6.07, 6.45) is 2.31. The van der Waals surface area contributed by atoms with E-state index in [2.05, 4.69) is 0 Å². The highest BCUT2D eigenvalue weighted by molar-refractivity contribution is 6.30. The van der Waals surface area contributed by atoms with Crippen LogP contribution in [0.2, 0.25) is 5.02 Å². The second kappa shape index (κ2) is 4.86. The lowest BCUT2D eigenvalue weighted by molar-refractivity contribution is 0.00716. The topological polar surface area (TPSA) is 18.5 Å². The van der Waals surface area contributed by atoms with Crippen LogP contribution in [0, 0.1) is 6.92 Å². The van der Waals surface area contributed by atoms with Crippen molar-refractivity contribution in [3.05, 3.63) is 28.8 Å². The molecule has 0 saturated carbocycles. The summed E-state index contributed by atoms with van der Waals surface area (Å²) < 4.78 is 11.2. The molecule has 1 saturated heterocycles. The molecular formula is C12H15ClO2. The highest BCUT2D eigenvalue weighted by atomic mass is 35.5. The molecule has 0 spiro atoms. The zero-order valence-electron chi connectivity index (χ0n) is 8.83. The lowest BCUT2D eigenvalue weighted by atomic mass is 10.1. The van der Waals surface area contributed by atoms with Crippen molar-refractivity contribution in [3.8, 4) is 5.75 Å². The predicted molar refractivity (Wildman–Crippen MR) is 60.7 cm³/mol. The van der Waals surface area contributed by atoms with Crippen LogP contribution in [-0.4, -0.2) is 19.3 Å². The first-order valence-electron chi connectivity index (χ1n) is 5.26. The molecule has 1 fully saturated rings. The molecule has 1 unspecified atom stereocenters. The quantitative estimate of drug-likeness (QED) is 0.771. The first-order valence-corrected chi connectivity index (χ1v) is 5.64. The fraction of sp³-hybridized carbons (Fsp3) is 0.500. The van der Waals surface area contributed by atoms with Crippen LogP contribution in [0.3, 0.4) is 0 Å². The summed E-state index contributed by atoms with van der Waals surface area (Å²) in [6.45, 7) is 3.57. The minimum atomic E-state index is 0.177. The van der Waals surface area contributed by atoms with E-state index >= 15 is 0 Å². The molecule has 0 aliphatic carbocycles. The Balaban J connectivity index is 2.05. The second-order valence-electron chi connectivity index (χ2n) is 3.87. The zero-order chi connectivity index (χ0) is 10.7. The van der Waals surface area contributed by atoms with E-state index in [4.69, 9.17) is 21.1 Å². The standard InChI is InChI=1S/C12H15ClO2/c1-9-4-5-10(13)7-12(9)15-11-3-2-6-14-8-11/h4-5,7,11H,2-3,6,8H2,1H3. The molecule has 2 nitrogen and oxygen atoms in total. The zero-order valence-corrected chi connectivity index (χ0v) is 9.59. The SMILES string of the molecule is Cc1ccc(Cl)cc1OC1CCCOC1. The van der Waals surface area contributed by atoms with Gasteiger partial charge in [0.25, 0.3) is 0 Å². The van der Waals surface area contributed by atoms with Gasteiger partial charge in [0, 0.05) is 11.6 Å². The Morgan fingerprint density at radius 2 is 2.33 bits per heavy atom. The van der Waals surface area contributed by atoms with E-state index in [1.165, 1.54) is 0 Å². The Morgan fingerprint density at radius 1 is 1.47 bits per heavy atom. The molecule has 1 aliphatic heterocycles. The summed E-state index contributed by atoms with van der Waals surface area (Å²) in [7, 11) is 0. The van der Waals surface area contributed by atoms with Crippen LogP contribution in [0.15, 0.2) is 18.2 Å². The van der Waals surface area contributed by atoms with Gasteiger partial charge in [-0.05, 0) is 37.5 Å². The van der Waals surface area contributed by atoms with Crippen molar-refractivity contribution in [1.82, 2.24) is 0 Å². The summed E-state index contributed by atoms with van der Waals surface area (Å²) in [5.74, 6) is 0.873. The molecule has 15 heavy (non-hydrogen) atoms. The normalized spacial score (nSPS) is 21.3. The van der Waals surface area contributed by atoms with Gasteiger partial charge < -0.3 is 9.47 Å². The molecule has 1 aliphatic rings. The van der Waals surface area contributed by atoms with Crippen LogP contribution in [0.4, 0.5) is 0 Å². The fourth-order valence-electron chi connectivity index (χ4n) is 1.68.